The summed E-state index contributed by atoms with van der Waals surface area (Å²) < 4.78 is 1.68. The van der Waals surface area contributed by atoms with Crippen LogP contribution in [0.15, 0.2) is 39.0 Å². The maximum absolute atomic E-state index is 9.28. The Balaban J connectivity index is 2.44. The molecule has 0 radical (unpaired) electrons. The number of benzene rings is 1. The maximum Gasteiger partial charge on any atom is 0.101 e. The van der Waals surface area contributed by atoms with Gasteiger partial charge in [0.15, 0.2) is 0 Å². The number of hydrogen-bond donors (Lipinski definition) is 0. The van der Waals surface area contributed by atoms with Gasteiger partial charge < -0.3 is 0 Å². The van der Waals surface area contributed by atoms with E-state index >= 15 is 0 Å². The lowest BCUT2D eigenvalue weighted by Crippen LogP contribution is -1.89. The van der Waals surface area contributed by atoms with Gasteiger partial charge in [0.05, 0.1) is 5.57 Å². The van der Waals surface area contributed by atoms with Gasteiger partial charge in [0.25, 0.3) is 0 Å². The molecule has 1 unspecified atom stereocenters. The van der Waals surface area contributed by atoms with Crippen molar-refractivity contribution in [3.05, 3.63) is 50.1 Å². The van der Waals surface area contributed by atoms with Crippen LogP contribution >= 0.6 is 45.2 Å². The number of nitrogens with zero attached hydrogens (tertiary/aromatic N) is 1. The molecule has 2 rings (SSSR count). The first-order valence-electron chi connectivity index (χ1n) is 5.78. The summed E-state index contributed by atoms with van der Waals surface area (Å²) in [7, 11) is 0. The van der Waals surface area contributed by atoms with Gasteiger partial charge in [-0.3, -0.25) is 0 Å². The van der Waals surface area contributed by atoms with Gasteiger partial charge in [0.2, 0.25) is 0 Å². The molecule has 1 aromatic rings. The minimum atomic E-state index is 0.515. The van der Waals surface area contributed by atoms with Gasteiger partial charge in [-0.25, -0.2) is 0 Å². The molecule has 1 aromatic carbocycles. The molecule has 1 atom stereocenters. The third kappa shape index (κ3) is 2.64. The zero-order chi connectivity index (χ0) is 13.3. The molecule has 0 aliphatic heterocycles. The molecule has 0 amide bonds. The van der Waals surface area contributed by atoms with Gasteiger partial charge in [0, 0.05) is 13.9 Å². The molecule has 1 aliphatic carbocycles. The van der Waals surface area contributed by atoms with Crippen molar-refractivity contribution in [2.75, 3.05) is 0 Å². The highest BCUT2D eigenvalue weighted by atomic mass is 127. The van der Waals surface area contributed by atoms with Crippen LogP contribution in [0.2, 0.25) is 0 Å². The quantitative estimate of drug-likeness (QED) is 0.418. The molecular formula is C15H13I2N. The van der Waals surface area contributed by atoms with E-state index in [1.807, 2.05) is 0 Å². The van der Waals surface area contributed by atoms with E-state index in [4.69, 9.17) is 0 Å². The predicted molar refractivity (Wildman–Crippen MR) is 92.7 cm³/mol. The summed E-state index contributed by atoms with van der Waals surface area (Å²) in [5.41, 5.74) is 5.77. The molecule has 1 nitrogen and oxygen atoms in total. The van der Waals surface area contributed by atoms with Crippen LogP contribution in [0.5, 0.6) is 0 Å². The predicted octanol–water partition coefficient (Wildman–Crippen LogP) is 5.57. The highest BCUT2D eigenvalue weighted by Gasteiger charge is 2.21. The lowest BCUT2D eigenvalue weighted by atomic mass is 9.97. The number of nitriles is 1. The van der Waals surface area contributed by atoms with Crippen molar-refractivity contribution < 1.29 is 0 Å². The SMILES string of the molecule is CC1=C(c2ccc(C(C)I)cc2)C(C#N)=C(I)C1. The summed E-state index contributed by atoms with van der Waals surface area (Å²) in [4.78, 5) is 0. The Hall–Kier alpha value is -0.350. The number of hydrogen-bond acceptors (Lipinski definition) is 1. The van der Waals surface area contributed by atoms with E-state index in [-0.39, 0.29) is 0 Å². The fourth-order valence-electron chi connectivity index (χ4n) is 2.18. The molecule has 92 valence electrons. The van der Waals surface area contributed by atoms with E-state index in [1.54, 1.807) is 0 Å². The average molecular weight is 461 g/mol. The molecule has 0 spiro atoms. The van der Waals surface area contributed by atoms with Crippen molar-refractivity contribution in [1.82, 2.24) is 0 Å². The second kappa shape index (κ2) is 5.74. The van der Waals surface area contributed by atoms with Crippen LogP contribution in [0.3, 0.4) is 0 Å². The molecule has 18 heavy (non-hydrogen) atoms. The number of halogens is 2. The normalized spacial score (nSPS) is 17.1. The Labute approximate surface area is 135 Å². The largest absolute Gasteiger partial charge is 0.192 e. The van der Waals surface area contributed by atoms with Crippen LogP contribution < -0.4 is 0 Å². The maximum atomic E-state index is 9.28. The molecule has 0 aromatic heterocycles. The first kappa shape index (κ1) is 14.1. The average Bonchev–Trinajstić information content (AvgIpc) is 2.63. The number of alkyl halides is 1. The van der Waals surface area contributed by atoms with Crippen LogP contribution in [-0.4, -0.2) is 0 Å². The van der Waals surface area contributed by atoms with Crippen LogP contribution in [0.4, 0.5) is 0 Å². The fraction of sp³-hybridized carbons (Fsp3) is 0.267. The van der Waals surface area contributed by atoms with E-state index < -0.39 is 0 Å². The molecule has 1 aliphatic rings. The second-order valence-corrected chi connectivity index (χ2v) is 7.63. The van der Waals surface area contributed by atoms with Crippen molar-refractivity contribution in [2.24, 2.45) is 0 Å². The van der Waals surface area contributed by atoms with Crippen molar-refractivity contribution in [1.29, 1.82) is 5.26 Å². The Morgan fingerprint density at radius 3 is 2.39 bits per heavy atom. The van der Waals surface area contributed by atoms with Gasteiger partial charge >= 0.3 is 0 Å². The minimum Gasteiger partial charge on any atom is -0.192 e. The molecule has 0 heterocycles. The summed E-state index contributed by atoms with van der Waals surface area (Å²) in [6.45, 7) is 4.30. The van der Waals surface area contributed by atoms with Gasteiger partial charge in [-0.1, -0.05) is 52.4 Å². The topological polar surface area (TPSA) is 23.8 Å². The summed E-state index contributed by atoms with van der Waals surface area (Å²) >= 11 is 4.70. The van der Waals surface area contributed by atoms with E-state index in [9.17, 15) is 5.26 Å². The summed E-state index contributed by atoms with van der Waals surface area (Å²) in [5.74, 6) is 0. The number of allylic oxidation sites excluding steroid dienone is 4. The fourth-order valence-corrected chi connectivity index (χ4v) is 3.56. The van der Waals surface area contributed by atoms with E-state index in [0.29, 0.717) is 3.92 Å². The Bertz CT molecular complexity index is 572. The third-order valence-electron chi connectivity index (χ3n) is 3.14. The van der Waals surface area contributed by atoms with Crippen molar-refractivity contribution >= 4 is 50.8 Å². The van der Waals surface area contributed by atoms with Crippen molar-refractivity contribution in [3.63, 3.8) is 0 Å². The van der Waals surface area contributed by atoms with Gasteiger partial charge in [-0.15, -0.1) is 0 Å². The van der Waals surface area contributed by atoms with E-state index in [1.165, 1.54) is 11.1 Å². The Morgan fingerprint density at radius 1 is 1.28 bits per heavy atom. The molecule has 0 N–H and O–H groups in total. The third-order valence-corrected chi connectivity index (χ3v) is 4.78. The van der Waals surface area contributed by atoms with Gasteiger partial charge in [-0.2, -0.15) is 5.26 Å². The second-order valence-electron chi connectivity index (χ2n) is 4.46. The zero-order valence-corrected chi connectivity index (χ0v) is 14.6. The zero-order valence-electron chi connectivity index (χ0n) is 10.3. The monoisotopic (exact) mass is 461 g/mol. The highest BCUT2D eigenvalue weighted by Crippen LogP contribution is 2.41. The van der Waals surface area contributed by atoms with Crippen molar-refractivity contribution in [2.45, 2.75) is 24.2 Å². The first-order chi connectivity index (χ1) is 8.54. The Morgan fingerprint density at radius 2 is 1.89 bits per heavy atom. The highest BCUT2D eigenvalue weighted by molar-refractivity contribution is 14.1. The summed E-state index contributed by atoms with van der Waals surface area (Å²) in [6.07, 6.45) is 0.920. The minimum absolute atomic E-state index is 0.515. The van der Waals surface area contributed by atoms with Crippen molar-refractivity contribution in [3.8, 4) is 6.07 Å². The standard InChI is InChI=1S/C15H13I2N/c1-9-7-14(17)13(8-18)15(9)12-5-3-11(4-6-12)10(2)16/h3-6,10H,7H2,1-2H3. The molecule has 0 bridgehead atoms. The summed E-state index contributed by atoms with van der Waals surface area (Å²) in [6, 6.07) is 10.9. The van der Waals surface area contributed by atoms with E-state index in [0.717, 1.165) is 26.7 Å². The lowest BCUT2D eigenvalue weighted by molar-refractivity contribution is 1.15. The molecule has 0 saturated carbocycles. The molecule has 0 fully saturated rings. The van der Waals surface area contributed by atoms with Crippen LogP contribution in [0, 0.1) is 11.3 Å². The Kier molecular flexibility index (Phi) is 4.49. The molecule has 0 saturated heterocycles. The lowest BCUT2D eigenvalue weighted by Gasteiger charge is -2.08. The molecule has 3 heteroatoms. The van der Waals surface area contributed by atoms with Gasteiger partial charge in [0.1, 0.15) is 6.07 Å². The van der Waals surface area contributed by atoms with Gasteiger partial charge in [-0.05, 0) is 53.1 Å². The van der Waals surface area contributed by atoms with Crippen LogP contribution in [-0.2, 0) is 0 Å². The van der Waals surface area contributed by atoms with Crippen LogP contribution in [0.25, 0.3) is 5.57 Å². The van der Waals surface area contributed by atoms with E-state index in [2.05, 4.69) is 89.4 Å². The summed E-state index contributed by atoms with van der Waals surface area (Å²) in [5, 5.41) is 9.28. The number of rotatable bonds is 2. The van der Waals surface area contributed by atoms with Crippen LogP contribution in [0.1, 0.15) is 35.3 Å². The smallest absolute Gasteiger partial charge is 0.101 e. The first-order valence-corrected chi connectivity index (χ1v) is 8.10. The molecular weight excluding hydrogens is 448 g/mol.